The Labute approximate surface area is 678 Å². The highest BCUT2D eigenvalue weighted by Gasteiger charge is 2.36. The van der Waals surface area contributed by atoms with Crippen molar-refractivity contribution < 1.29 is 52.8 Å². The third kappa shape index (κ3) is 22.1. The van der Waals surface area contributed by atoms with Crippen LogP contribution in [-0.2, 0) is 38.1 Å². The molecule has 7 aliphatic rings. The number of carboxylic acids is 1. The molecule has 6 saturated heterocycles. The number of nitrogen functional groups attached to an aromatic ring is 3. The van der Waals surface area contributed by atoms with Gasteiger partial charge in [0, 0.05) is 144 Å². The number of hydrogen-bond donors (Lipinski definition) is 8. The van der Waals surface area contributed by atoms with Gasteiger partial charge in [-0.3, -0.25) is 19.4 Å². The number of piperidine rings is 3. The maximum atomic E-state index is 13.0. The average Bonchev–Trinajstić information content (AvgIpc) is 1.60. The van der Waals surface area contributed by atoms with Gasteiger partial charge in [0.25, 0.3) is 0 Å². The third-order valence-electron chi connectivity index (χ3n) is 19.9. The topological polar surface area (TPSA) is 511 Å². The Balaban J connectivity index is 0.000000171. The number of aliphatic carboxylic acids is 1. The molecule has 15 rings (SSSR count). The first kappa shape index (κ1) is 87.3. The number of carbonyl (C=O) groups is 5. The minimum Gasteiger partial charge on any atom is -0.480 e. The van der Waals surface area contributed by atoms with Gasteiger partial charge in [-0.15, -0.1) is 12.4 Å². The van der Waals surface area contributed by atoms with Crippen LogP contribution in [-0.4, -0.2) is 278 Å². The number of aliphatic imine (C=N–C) groups is 1. The third-order valence-corrected chi connectivity index (χ3v) is 19.9. The Morgan fingerprint density at radius 1 is 0.509 bits per heavy atom. The molecule has 0 saturated carbocycles. The number of nitrogens with zero attached hydrogens (tertiary/aromatic N) is 22. The maximum absolute atomic E-state index is 13.0. The van der Waals surface area contributed by atoms with Gasteiger partial charge >= 0.3 is 18.2 Å². The van der Waals surface area contributed by atoms with Gasteiger partial charge in [0.05, 0.1) is 64.0 Å². The zero-order chi connectivity index (χ0) is 81.0. The second kappa shape index (κ2) is 39.0. The fourth-order valence-corrected chi connectivity index (χ4v) is 14.0. The van der Waals surface area contributed by atoms with Crippen LogP contribution in [0.5, 0.6) is 0 Å². The normalized spacial score (nSPS) is 18.3. The van der Waals surface area contributed by atoms with Crippen molar-refractivity contribution in [1.82, 2.24) is 105 Å². The lowest BCUT2D eigenvalue weighted by molar-refractivity contribution is -0.139. The SMILES string of the molecule is C.C[C@H](N)C(=O)N1CCC(n2cnc3c(-c4cnc(N)nc4)nc(N4CCOCC4)nc32)CC1.C[C@H](NC(=O)OC(C)(C)C)C(=O)N1CCC(n2cnc3c(-c4cnc(N)nc4)nc(N4CCOCC4)nc32)CC1.C[C@H](NC(=O)OC(C)(C)C)C(=O)O.Cl.Nc1ncc(-c2nc(N3CCOCC3)nc3c2N=CC3C2CCNCC2)cn1. The second-order valence-corrected chi connectivity index (χ2v) is 30.7. The van der Waals surface area contributed by atoms with E-state index in [1.807, 2.05) is 11.2 Å². The molecule has 0 radical (unpaired) electrons. The summed E-state index contributed by atoms with van der Waals surface area (Å²) in [6.07, 6.45) is 19.7. The number of aromatic nitrogens is 16. The number of carboxylic acid groups (broad SMARTS) is 1. The van der Waals surface area contributed by atoms with Crippen molar-refractivity contribution in [2.75, 3.05) is 150 Å². The Morgan fingerprint density at radius 3 is 1.25 bits per heavy atom. The first-order valence-corrected chi connectivity index (χ1v) is 38.5. The van der Waals surface area contributed by atoms with Crippen LogP contribution < -0.4 is 53.6 Å². The van der Waals surface area contributed by atoms with Crippen LogP contribution in [0.2, 0.25) is 0 Å². The lowest BCUT2D eigenvalue weighted by atomic mass is 9.84. The summed E-state index contributed by atoms with van der Waals surface area (Å²) in [6.45, 7) is 28.0. The van der Waals surface area contributed by atoms with Gasteiger partial charge in [0.15, 0.2) is 11.3 Å². The number of anilines is 6. The van der Waals surface area contributed by atoms with Crippen LogP contribution >= 0.6 is 12.4 Å². The smallest absolute Gasteiger partial charge is 0.408 e. The number of nitrogens with two attached hydrogens (primary N) is 4. The van der Waals surface area contributed by atoms with Crippen LogP contribution in [0.4, 0.5) is 51.0 Å². The summed E-state index contributed by atoms with van der Waals surface area (Å²) in [7, 11) is 0. The molecule has 6 fully saturated rings. The number of fused-ring (bicyclic) bond motifs is 3. The zero-order valence-corrected chi connectivity index (χ0v) is 67.1. The van der Waals surface area contributed by atoms with E-state index < -0.39 is 47.5 Å². The largest absolute Gasteiger partial charge is 0.480 e. The van der Waals surface area contributed by atoms with Crippen LogP contribution in [0, 0.1) is 5.92 Å². The molecular formula is C75H108ClN29O11. The Morgan fingerprint density at radius 2 is 0.871 bits per heavy atom. The van der Waals surface area contributed by atoms with Crippen molar-refractivity contribution in [3.8, 4) is 33.8 Å². The molecule has 15 heterocycles. The molecule has 8 aromatic rings. The molecule has 40 nitrogen and oxygen atoms in total. The number of morpholine rings is 3. The minimum atomic E-state index is -1.09. The van der Waals surface area contributed by atoms with Crippen LogP contribution in [0.15, 0.2) is 54.8 Å². The highest BCUT2D eigenvalue weighted by Crippen LogP contribution is 2.44. The molecule has 4 amide bonds. The predicted octanol–water partition coefficient (Wildman–Crippen LogP) is 5.19. The summed E-state index contributed by atoms with van der Waals surface area (Å²) in [4.78, 5) is 137. The molecule has 0 bridgehead atoms. The lowest BCUT2D eigenvalue weighted by Crippen LogP contribution is -2.50. The number of nitrogens with one attached hydrogen (secondary N) is 3. The Bertz CT molecular complexity index is 4660. The zero-order valence-electron chi connectivity index (χ0n) is 66.3. The van der Waals surface area contributed by atoms with Crippen LogP contribution in [0.3, 0.4) is 0 Å². The number of amides is 4. The van der Waals surface area contributed by atoms with Crippen molar-refractivity contribution in [1.29, 1.82) is 0 Å². The molecular weight excluding hydrogens is 1520 g/mol. The molecule has 0 aliphatic carbocycles. The van der Waals surface area contributed by atoms with E-state index in [2.05, 4.69) is 85.9 Å². The lowest BCUT2D eigenvalue weighted by Gasteiger charge is -2.34. The molecule has 626 valence electrons. The summed E-state index contributed by atoms with van der Waals surface area (Å²) in [5, 5.41) is 16.7. The van der Waals surface area contributed by atoms with E-state index in [1.54, 1.807) is 104 Å². The number of halogens is 1. The van der Waals surface area contributed by atoms with Gasteiger partial charge in [0.1, 0.15) is 57.1 Å². The van der Waals surface area contributed by atoms with Gasteiger partial charge in [-0.25, -0.2) is 69.4 Å². The predicted molar refractivity (Wildman–Crippen MR) is 437 cm³/mol. The van der Waals surface area contributed by atoms with Crippen LogP contribution in [0.25, 0.3) is 56.1 Å². The molecule has 8 aromatic heterocycles. The van der Waals surface area contributed by atoms with Gasteiger partial charge in [-0.2, -0.15) is 9.97 Å². The molecule has 41 heteroatoms. The van der Waals surface area contributed by atoms with Crippen molar-refractivity contribution in [3.63, 3.8) is 0 Å². The fourth-order valence-electron chi connectivity index (χ4n) is 14.0. The molecule has 0 aromatic carbocycles. The number of ether oxygens (including phenoxy) is 5. The fraction of sp³-hybridized carbons (Fsp3) is 0.573. The monoisotopic (exact) mass is 1630 g/mol. The molecule has 7 aliphatic heterocycles. The van der Waals surface area contributed by atoms with Gasteiger partial charge in [0.2, 0.25) is 47.5 Å². The Hall–Kier alpha value is -11.1. The summed E-state index contributed by atoms with van der Waals surface area (Å²) in [6, 6.07) is -1.84. The molecule has 4 atom stereocenters. The van der Waals surface area contributed by atoms with Crippen molar-refractivity contribution in [2.45, 2.75) is 156 Å². The maximum Gasteiger partial charge on any atom is 0.408 e. The number of hydrogen-bond acceptors (Lipinski definition) is 33. The van der Waals surface area contributed by atoms with Crippen molar-refractivity contribution in [3.05, 3.63) is 55.5 Å². The number of likely N-dealkylation sites (tertiary alicyclic amines) is 2. The standard InChI is InChI=1S/C26H36N10O4.C21H28N10O2.C19H24N8O.C8H15NO4.CH4.ClH/c1-16(31-25(38)40-26(2,3)4)22(37)34-7-5-18(6-8-34)36-15-30-20-19(17-13-28-23(27)29-14-17)32-24(33-21(20)36)35-9-11-39-12-10-35;1-13(22)19(32)29-4-2-15(3-5-29)31-12-26-17-16(14-10-24-20(23)25-11-14)27-21(28-18(17)31)30-6-8-33-9-7-30;20-18-23-9-13(10-24-18)15-17-16(14(11-22-17)12-1-3-21-4-2-12)26-19(25-15)27-5-7-28-8-6-27;1-5(6(10)11)9-7(12)13-8(2,3)4;;/h13-16,18H,5-12H2,1-4H3,(H,31,38)(H2,27,28,29);10-13,15H,2-9,22H2,1H3,(H2,23,24,25);9-12,14,21H,1-8H2,(H2,20,23,24);5H,1-4H3,(H,9,12)(H,10,11);1H4;1H/t16-;13-;;5-;;/m00.0../s1. The summed E-state index contributed by atoms with van der Waals surface area (Å²) in [5.41, 5.74) is 30.6. The van der Waals surface area contributed by atoms with Crippen molar-refractivity contribution in [2.24, 2.45) is 16.6 Å². The van der Waals surface area contributed by atoms with E-state index in [-0.39, 0.29) is 67.5 Å². The van der Waals surface area contributed by atoms with E-state index >= 15 is 0 Å². The molecule has 12 N–H and O–H groups in total. The second-order valence-electron chi connectivity index (χ2n) is 30.7. The first-order valence-electron chi connectivity index (χ1n) is 38.5. The highest BCUT2D eigenvalue weighted by molar-refractivity contribution is 5.91. The summed E-state index contributed by atoms with van der Waals surface area (Å²) in [5.74, 6) is 2.14. The van der Waals surface area contributed by atoms with E-state index in [1.165, 1.54) is 6.92 Å². The van der Waals surface area contributed by atoms with E-state index in [0.29, 0.717) is 143 Å². The number of carbonyl (C=O) groups excluding carboxylic acids is 4. The van der Waals surface area contributed by atoms with Gasteiger partial charge in [-0.1, -0.05) is 7.43 Å². The van der Waals surface area contributed by atoms with Gasteiger partial charge < -0.3 is 101 Å². The molecule has 1 unspecified atom stereocenters. The summed E-state index contributed by atoms with van der Waals surface area (Å²) >= 11 is 0. The quantitative estimate of drug-likeness (QED) is 0.0694. The van der Waals surface area contributed by atoms with E-state index in [4.69, 9.17) is 86.6 Å². The minimum absolute atomic E-state index is 0. The number of imidazole rings is 2. The number of rotatable bonds is 14. The molecule has 0 spiro atoms. The van der Waals surface area contributed by atoms with E-state index in [9.17, 15) is 24.0 Å². The van der Waals surface area contributed by atoms with Gasteiger partial charge in [-0.05, 0) is 120 Å². The van der Waals surface area contributed by atoms with Crippen molar-refractivity contribution >= 4 is 112 Å². The molecule has 116 heavy (non-hydrogen) atoms. The summed E-state index contributed by atoms with van der Waals surface area (Å²) < 4.78 is 30.8. The number of alkyl carbamates (subject to hydrolysis) is 2. The van der Waals surface area contributed by atoms with Crippen LogP contribution in [0.1, 0.15) is 132 Å². The average molecular weight is 1630 g/mol. The first-order chi connectivity index (χ1) is 54.6. The Kier molecular flexibility index (Phi) is 29.4. The highest BCUT2D eigenvalue weighted by atomic mass is 35.5. The van der Waals surface area contributed by atoms with E-state index in [0.717, 1.165) is 105 Å².